The van der Waals surface area contributed by atoms with Crippen molar-refractivity contribution in [3.8, 4) is 5.75 Å². The van der Waals surface area contributed by atoms with Gasteiger partial charge >= 0.3 is 5.97 Å². The maximum absolute atomic E-state index is 11.9. The van der Waals surface area contributed by atoms with Crippen LogP contribution in [0.15, 0.2) is 60.7 Å². The van der Waals surface area contributed by atoms with E-state index in [0.29, 0.717) is 11.3 Å². The van der Waals surface area contributed by atoms with Crippen LogP contribution in [0.3, 0.4) is 0 Å². The van der Waals surface area contributed by atoms with Crippen LogP contribution in [0.5, 0.6) is 5.75 Å². The SMILES string of the molecule is COc1ccc(/C=C/C(=O)N[C@@H](C)C(=O)OCC(=O)NNC(=O)c2ccccc2)cc1. The number of esters is 1. The number of hydrazine groups is 1. The van der Waals surface area contributed by atoms with Gasteiger partial charge in [-0.15, -0.1) is 0 Å². The first kappa shape index (κ1) is 23.1. The van der Waals surface area contributed by atoms with E-state index < -0.39 is 36.3 Å². The summed E-state index contributed by atoms with van der Waals surface area (Å²) in [6, 6.07) is 14.4. The standard InChI is InChI=1S/C22H23N3O6/c1-15(23-19(26)13-10-16-8-11-18(30-2)12-9-16)22(29)31-14-20(27)24-25-21(28)17-6-4-3-5-7-17/h3-13,15H,14H2,1-2H3,(H,23,26)(H,24,27)(H,25,28)/b13-10+/t15-/m0/s1. The lowest BCUT2D eigenvalue weighted by atomic mass is 10.2. The van der Waals surface area contributed by atoms with Crippen LogP contribution in [0.25, 0.3) is 6.08 Å². The van der Waals surface area contributed by atoms with Gasteiger partial charge in [0.1, 0.15) is 11.8 Å². The number of amides is 3. The molecule has 0 bridgehead atoms. The van der Waals surface area contributed by atoms with E-state index in [9.17, 15) is 19.2 Å². The Bertz CT molecular complexity index is 941. The number of hydrogen-bond acceptors (Lipinski definition) is 6. The summed E-state index contributed by atoms with van der Waals surface area (Å²) in [5.41, 5.74) is 5.48. The molecule has 0 aliphatic heterocycles. The highest BCUT2D eigenvalue weighted by molar-refractivity contribution is 5.96. The smallest absolute Gasteiger partial charge is 0.328 e. The van der Waals surface area contributed by atoms with Crippen LogP contribution in [0.4, 0.5) is 0 Å². The van der Waals surface area contributed by atoms with Crippen molar-refractivity contribution in [3.63, 3.8) is 0 Å². The summed E-state index contributed by atoms with van der Waals surface area (Å²) < 4.78 is 9.89. The molecular formula is C22H23N3O6. The number of methoxy groups -OCH3 is 1. The predicted octanol–water partition coefficient (Wildman–Crippen LogP) is 1.22. The minimum Gasteiger partial charge on any atom is -0.497 e. The number of carbonyl (C=O) groups excluding carboxylic acids is 4. The molecule has 0 radical (unpaired) electrons. The van der Waals surface area contributed by atoms with Gasteiger partial charge in [-0.3, -0.25) is 25.2 Å². The van der Waals surface area contributed by atoms with Crippen molar-refractivity contribution in [2.45, 2.75) is 13.0 Å². The number of hydrogen-bond donors (Lipinski definition) is 3. The van der Waals surface area contributed by atoms with E-state index in [2.05, 4.69) is 16.2 Å². The molecule has 9 heteroatoms. The first-order valence-electron chi connectivity index (χ1n) is 9.32. The van der Waals surface area contributed by atoms with Gasteiger partial charge in [0.25, 0.3) is 11.8 Å². The summed E-state index contributed by atoms with van der Waals surface area (Å²) in [6.45, 7) is 0.812. The Hall–Kier alpha value is -4.14. The molecule has 0 spiro atoms. The number of ether oxygens (including phenoxy) is 2. The molecule has 0 heterocycles. The van der Waals surface area contributed by atoms with Crippen molar-refractivity contribution in [2.75, 3.05) is 13.7 Å². The molecule has 3 N–H and O–H groups in total. The second kappa shape index (κ2) is 11.8. The van der Waals surface area contributed by atoms with Gasteiger partial charge in [-0.05, 0) is 42.8 Å². The van der Waals surface area contributed by atoms with Crippen LogP contribution in [0.1, 0.15) is 22.8 Å². The quantitative estimate of drug-likeness (QED) is 0.332. The van der Waals surface area contributed by atoms with E-state index in [-0.39, 0.29) is 0 Å². The molecule has 0 fully saturated rings. The van der Waals surface area contributed by atoms with E-state index in [4.69, 9.17) is 9.47 Å². The van der Waals surface area contributed by atoms with Gasteiger partial charge in [-0.1, -0.05) is 30.3 Å². The number of nitrogens with one attached hydrogen (secondary N) is 3. The zero-order chi connectivity index (χ0) is 22.6. The van der Waals surface area contributed by atoms with Gasteiger partial charge in [-0.2, -0.15) is 0 Å². The predicted molar refractivity (Wildman–Crippen MR) is 113 cm³/mol. The van der Waals surface area contributed by atoms with Crippen LogP contribution in [0, 0.1) is 0 Å². The van der Waals surface area contributed by atoms with Gasteiger partial charge in [0.05, 0.1) is 7.11 Å². The fraction of sp³-hybridized carbons (Fsp3) is 0.182. The molecule has 0 saturated carbocycles. The lowest BCUT2D eigenvalue weighted by Gasteiger charge is -2.12. The maximum Gasteiger partial charge on any atom is 0.328 e. The highest BCUT2D eigenvalue weighted by atomic mass is 16.5. The topological polar surface area (TPSA) is 123 Å². The Morgan fingerprint density at radius 3 is 2.29 bits per heavy atom. The summed E-state index contributed by atoms with van der Waals surface area (Å²) in [6.07, 6.45) is 2.85. The molecule has 2 rings (SSSR count). The third kappa shape index (κ3) is 8.01. The third-order valence-electron chi connectivity index (χ3n) is 3.95. The normalized spacial score (nSPS) is 11.3. The van der Waals surface area contributed by atoms with Crippen molar-refractivity contribution >= 4 is 29.8 Å². The zero-order valence-corrected chi connectivity index (χ0v) is 17.1. The molecule has 0 aliphatic rings. The lowest BCUT2D eigenvalue weighted by molar-refractivity contribution is -0.151. The maximum atomic E-state index is 11.9. The van der Waals surface area contributed by atoms with E-state index in [1.54, 1.807) is 67.8 Å². The fourth-order valence-corrected chi connectivity index (χ4v) is 2.29. The Kier molecular flexibility index (Phi) is 8.78. The highest BCUT2D eigenvalue weighted by Gasteiger charge is 2.17. The van der Waals surface area contributed by atoms with Gasteiger partial charge in [-0.25, -0.2) is 4.79 Å². The Morgan fingerprint density at radius 1 is 0.968 bits per heavy atom. The van der Waals surface area contributed by atoms with Crippen LogP contribution in [-0.2, 0) is 19.1 Å². The summed E-state index contributed by atoms with van der Waals surface area (Å²) in [7, 11) is 1.56. The Balaban J connectivity index is 1.70. The summed E-state index contributed by atoms with van der Waals surface area (Å²) in [5, 5.41) is 2.44. The Labute approximate surface area is 179 Å². The average Bonchev–Trinajstić information content (AvgIpc) is 2.80. The van der Waals surface area contributed by atoms with Gasteiger partial charge in [0, 0.05) is 11.6 Å². The van der Waals surface area contributed by atoms with Gasteiger partial charge < -0.3 is 14.8 Å². The highest BCUT2D eigenvalue weighted by Crippen LogP contribution is 2.12. The van der Waals surface area contributed by atoms with Crippen molar-refractivity contribution < 1.29 is 28.7 Å². The van der Waals surface area contributed by atoms with E-state index in [1.165, 1.54) is 13.0 Å². The largest absolute Gasteiger partial charge is 0.497 e. The molecule has 0 aliphatic carbocycles. The van der Waals surface area contributed by atoms with Crippen molar-refractivity contribution in [2.24, 2.45) is 0 Å². The second-order valence-corrected chi connectivity index (χ2v) is 6.31. The molecule has 2 aromatic rings. The fourth-order valence-electron chi connectivity index (χ4n) is 2.29. The molecule has 162 valence electrons. The molecule has 31 heavy (non-hydrogen) atoms. The van der Waals surface area contributed by atoms with E-state index >= 15 is 0 Å². The van der Waals surface area contributed by atoms with Crippen molar-refractivity contribution in [1.29, 1.82) is 0 Å². The molecule has 2 aromatic carbocycles. The third-order valence-corrected chi connectivity index (χ3v) is 3.95. The van der Waals surface area contributed by atoms with Crippen molar-refractivity contribution in [3.05, 3.63) is 71.8 Å². The molecule has 1 atom stereocenters. The van der Waals surface area contributed by atoms with Gasteiger partial charge in [0.15, 0.2) is 6.61 Å². The van der Waals surface area contributed by atoms with Crippen LogP contribution in [0.2, 0.25) is 0 Å². The molecule has 9 nitrogen and oxygen atoms in total. The van der Waals surface area contributed by atoms with Crippen LogP contribution in [-0.4, -0.2) is 43.4 Å². The molecule has 0 aromatic heterocycles. The monoisotopic (exact) mass is 425 g/mol. The number of benzene rings is 2. The molecular weight excluding hydrogens is 402 g/mol. The van der Waals surface area contributed by atoms with Crippen LogP contribution < -0.4 is 20.9 Å². The average molecular weight is 425 g/mol. The van der Waals surface area contributed by atoms with E-state index in [1.807, 2.05) is 0 Å². The first-order valence-corrected chi connectivity index (χ1v) is 9.32. The van der Waals surface area contributed by atoms with Crippen molar-refractivity contribution in [1.82, 2.24) is 16.2 Å². The summed E-state index contributed by atoms with van der Waals surface area (Å²) in [4.78, 5) is 47.4. The summed E-state index contributed by atoms with van der Waals surface area (Å²) in [5.74, 6) is -1.84. The lowest BCUT2D eigenvalue weighted by Crippen LogP contribution is -2.45. The van der Waals surface area contributed by atoms with Gasteiger partial charge in [0.2, 0.25) is 5.91 Å². The minimum absolute atomic E-state index is 0.360. The van der Waals surface area contributed by atoms with Crippen LogP contribution >= 0.6 is 0 Å². The molecule has 0 unspecified atom stereocenters. The minimum atomic E-state index is -0.972. The second-order valence-electron chi connectivity index (χ2n) is 6.31. The first-order chi connectivity index (χ1) is 14.9. The summed E-state index contributed by atoms with van der Waals surface area (Å²) >= 11 is 0. The molecule has 0 saturated heterocycles. The Morgan fingerprint density at radius 2 is 1.65 bits per heavy atom. The molecule has 3 amide bonds. The number of carbonyl (C=O) groups is 4. The van der Waals surface area contributed by atoms with E-state index in [0.717, 1.165) is 5.56 Å². The zero-order valence-electron chi connectivity index (χ0n) is 17.1. The number of rotatable bonds is 8.